The molecule has 0 unspecified atom stereocenters. The molecule has 4 nitrogen and oxygen atoms in total. The van der Waals surface area contributed by atoms with E-state index in [1.165, 1.54) is 6.07 Å². The summed E-state index contributed by atoms with van der Waals surface area (Å²) in [5, 5.41) is 6.20. The summed E-state index contributed by atoms with van der Waals surface area (Å²) in [5.74, 6) is 1.80. The van der Waals surface area contributed by atoms with Gasteiger partial charge in [0, 0.05) is 24.7 Å². The van der Waals surface area contributed by atoms with Gasteiger partial charge in [-0.25, -0.2) is 14.4 Å². The van der Waals surface area contributed by atoms with E-state index >= 15 is 0 Å². The van der Waals surface area contributed by atoms with Crippen LogP contribution in [0.25, 0.3) is 0 Å². The van der Waals surface area contributed by atoms with Crippen LogP contribution in [0.1, 0.15) is 11.4 Å². The summed E-state index contributed by atoms with van der Waals surface area (Å²) >= 11 is 0. The van der Waals surface area contributed by atoms with Crippen LogP contribution in [0, 0.1) is 12.7 Å². The molecule has 0 saturated carbocycles. The minimum Gasteiger partial charge on any atom is -0.366 e. The lowest BCUT2D eigenvalue weighted by atomic mass is 10.2. The van der Waals surface area contributed by atoms with Gasteiger partial charge in [0.1, 0.15) is 23.3 Å². The van der Waals surface area contributed by atoms with E-state index in [-0.39, 0.29) is 5.82 Å². The Labute approximate surface area is 117 Å². The van der Waals surface area contributed by atoms with Gasteiger partial charge in [-0.3, -0.25) is 0 Å². The van der Waals surface area contributed by atoms with Gasteiger partial charge in [-0.05, 0) is 13.0 Å². The van der Waals surface area contributed by atoms with Crippen LogP contribution in [0.5, 0.6) is 0 Å². The van der Waals surface area contributed by atoms with E-state index in [2.05, 4.69) is 27.2 Å². The second-order valence-corrected chi connectivity index (χ2v) is 4.30. The number of aryl methyl sites for hydroxylation is 1. The summed E-state index contributed by atoms with van der Waals surface area (Å²) in [7, 11) is 0. The van der Waals surface area contributed by atoms with Crippen LogP contribution in [-0.2, 0) is 6.54 Å². The van der Waals surface area contributed by atoms with Crippen molar-refractivity contribution in [3.63, 3.8) is 0 Å². The first-order valence-electron chi connectivity index (χ1n) is 6.37. The molecular weight excluding hydrogens is 255 g/mol. The zero-order chi connectivity index (χ0) is 14.4. The fourth-order valence-corrected chi connectivity index (χ4v) is 1.75. The monoisotopic (exact) mass is 272 g/mol. The lowest BCUT2D eigenvalue weighted by molar-refractivity contribution is 0.613. The highest BCUT2D eigenvalue weighted by Gasteiger charge is 2.03. The van der Waals surface area contributed by atoms with Crippen LogP contribution in [0.4, 0.5) is 16.0 Å². The molecule has 0 aliphatic carbocycles. The lowest BCUT2D eigenvalue weighted by Crippen LogP contribution is -2.07. The molecular formula is C15H17FN4. The molecule has 5 heteroatoms. The fraction of sp³-hybridized carbons (Fsp3) is 0.200. The Balaban J connectivity index is 2.07. The summed E-state index contributed by atoms with van der Waals surface area (Å²) < 4.78 is 13.5. The summed E-state index contributed by atoms with van der Waals surface area (Å²) in [6.07, 6.45) is 1.75. The van der Waals surface area contributed by atoms with E-state index in [1.54, 1.807) is 24.3 Å². The zero-order valence-electron chi connectivity index (χ0n) is 11.4. The Hall–Kier alpha value is -2.43. The summed E-state index contributed by atoms with van der Waals surface area (Å²) in [4.78, 5) is 8.54. The van der Waals surface area contributed by atoms with Gasteiger partial charge >= 0.3 is 0 Å². The molecule has 1 heterocycles. The van der Waals surface area contributed by atoms with Crippen LogP contribution < -0.4 is 10.6 Å². The molecule has 0 spiro atoms. The molecule has 0 bridgehead atoms. The maximum absolute atomic E-state index is 13.5. The molecule has 1 aromatic carbocycles. The lowest BCUT2D eigenvalue weighted by Gasteiger charge is -2.09. The Kier molecular flexibility index (Phi) is 4.65. The number of nitrogens with zero attached hydrogens (tertiary/aromatic N) is 2. The fourth-order valence-electron chi connectivity index (χ4n) is 1.75. The van der Waals surface area contributed by atoms with E-state index in [9.17, 15) is 4.39 Å². The zero-order valence-corrected chi connectivity index (χ0v) is 11.4. The average molecular weight is 272 g/mol. The first-order valence-corrected chi connectivity index (χ1v) is 6.37. The normalized spacial score (nSPS) is 10.1. The second kappa shape index (κ2) is 6.65. The molecule has 0 amide bonds. The van der Waals surface area contributed by atoms with Crippen molar-refractivity contribution in [2.45, 2.75) is 13.5 Å². The largest absolute Gasteiger partial charge is 0.366 e. The first-order chi connectivity index (χ1) is 9.69. The van der Waals surface area contributed by atoms with Crippen molar-refractivity contribution in [2.24, 2.45) is 0 Å². The molecule has 20 heavy (non-hydrogen) atoms. The third kappa shape index (κ3) is 3.78. The van der Waals surface area contributed by atoms with Crippen LogP contribution >= 0.6 is 0 Å². The van der Waals surface area contributed by atoms with Gasteiger partial charge in [0.15, 0.2) is 0 Å². The molecule has 2 rings (SSSR count). The summed E-state index contributed by atoms with van der Waals surface area (Å²) in [6, 6.07) is 8.46. The Morgan fingerprint density at radius 3 is 2.60 bits per heavy atom. The predicted molar refractivity (Wildman–Crippen MR) is 79.2 cm³/mol. The van der Waals surface area contributed by atoms with E-state index in [1.807, 2.05) is 13.0 Å². The van der Waals surface area contributed by atoms with Gasteiger partial charge in [-0.1, -0.05) is 24.3 Å². The van der Waals surface area contributed by atoms with Gasteiger partial charge in [0.25, 0.3) is 0 Å². The number of rotatable bonds is 6. The predicted octanol–water partition coefficient (Wildman–Crippen LogP) is 3.13. The van der Waals surface area contributed by atoms with Crippen molar-refractivity contribution < 1.29 is 4.39 Å². The van der Waals surface area contributed by atoms with Crippen LogP contribution in [0.2, 0.25) is 0 Å². The van der Waals surface area contributed by atoms with E-state index < -0.39 is 0 Å². The Morgan fingerprint density at radius 2 is 1.90 bits per heavy atom. The number of nitrogens with one attached hydrogen (secondary N) is 2. The number of anilines is 2. The van der Waals surface area contributed by atoms with Crippen LogP contribution in [-0.4, -0.2) is 16.5 Å². The molecule has 0 radical (unpaired) electrons. The van der Waals surface area contributed by atoms with E-state index in [4.69, 9.17) is 0 Å². The van der Waals surface area contributed by atoms with Gasteiger partial charge in [-0.15, -0.1) is 6.58 Å². The second-order valence-electron chi connectivity index (χ2n) is 4.30. The van der Waals surface area contributed by atoms with Crippen molar-refractivity contribution >= 4 is 11.6 Å². The van der Waals surface area contributed by atoms with Gasteiger partial charge in [0.2, 0.25) is 0 Å². The Bertz CT molecular complexity index is 598. The SMILES string of the molecule is C=CCNc1cc(NCc2ccccc2F)nc(C)n1. The quantitative estimate of drug-likeness (QED) is 0.793. The van der Waals surface area contributed by atoms with E-state index in [0.717, 1.165) is 0 Å². The minimum absolute atomic E-state index is 0.226. The number of hydrogen-bond donors (Lipinski definition) is 2. The van der Waals surface area contributed by atoms with Gasteiger partial charge < -0.3 is 10.6 Å². The third-order valence-corrected chi connectivity index (χ3v) is 2.68. The number of benzene rings is 1. The van der Waals surface area contributed by atoms with Crippen molar-refractivity contribution in [1.29, 1.82) is 0 Å². The molecule has 104 valence electrons. The molecule has 0 atom stereocenters. The van der Waals surface area contributed by atoms with Crippen molar-refractivity contribution in [3.8, 4) is 0 Å². The van der Waals surface area contributed by atoms with Gasteiger partial charge in [-0.2, -0.15) is 0 Å². The standard InChI is InChI=1S/C15H17FN4/c1-3-8-17-14-9-15(20-11(2)19-14)18-10-12-6-4-5-7-13(12)16/h3-7,9H,1,8,10H2,2H3,(H2,17,18,19,20). The Morgan fingerprint density at radius 1 is 1.20 bits per heavy atom. The van der Waals surface area contributed by atoms with E-state index in [0.29, 0.717) is 36.1 Å². The number of halogens is 1. The molecule has 0 fully saturated rings. The molecule has 0 aliphatic rings. The van der Waals surface area contributed by atoms with Crippen LogP contribution in [0.3, 0.4) is 0 Å². The van der Waals surface area contributed by atoms with Crippen LogP contribution in [0.15, 0.2) is 43.0 Å². The third-order valence-electron chi connectivity index (χ3n) is 2.68. The maximum atomic E-state index is 13.5. The minimum atomic E-state index is -0.226. The van der Waals surface area contributed by atoms with Crippen molar-refractivity contribution in [1.82, 2.24) is 9.97 Å². The number of hydrogen-bond acceptors (Lipinski definition) is 4. The smallest absolute Gasteiger partial charge is 0.132 e. The van der Waals surface area contributed by atoms with Crippen molar-refractivity contribution in [2.75, 3.05) is 17.2 Å². The number of aromatic nitrogens is 2. The molecule has 2 aromatic rings. The van der Waals surface area contributed by atoms with Crippen molar-refractivity contribution in [3.05, 3.63) is 60.2 Å². The highest BCUT2D eigenvalue weighted by atomic mass is 19.1. The highest BCUT2D eigenvalue weighted by Crippen LogP contribution is 2.13. The average Bonchev–Trinajstić information content (AvgIpc) is 2.44. The highest BCUT2D eigenvalue weighted by molar-refractivity contribution is 5.48. The molecule has 0 saturated heterocycles. The first kappa shape index (κ1) is 14.0. The molecule has 2 N–H and O–H groups in total. The van der Waals surface area contributed by atoms with Gasteiger partial charge in [0.05, 0.1) is 0 Å². The molecule has 0 aliphatic heterocycles. The topological polar surface area (TPSA) is 49.8 Å². The summed E-state index contributed by atoms with van der Waals surface area (Å²) in [6.45, 7) is 6.46. The summed E-state index contributed by atoms with van der Waals surface area (Å²) in [5.41, 5.74) is 0.601. The molecule has 1 aromatic heterocycles. The maximum Gasteiger partial charge on any atom is 0.132 e.